The summed E-state index contributed by atoms with van der Waals surface area (Å²) in [7, 11) is -2.76. The Kier molecular flexibility index (Phi) is 8.06. The minimum absolute atomic E-state index is 0.0848. The Bertz CT molecular complexity index is 1170. The lowest BCUT2D eigenvalue weighted by Gasteiger charge is -2.37. The van der Waals surface area contributed by atoms with Gasteiger partial charge in [0.2, 0.25) is 15.9 Å². The van der Waals surface area contributed by atoms with Crippen molar-refractivity contribution in [2.24, 2.45) is 5.92 Å². The fraction of sp³-hybridized carbons (Fsp3) is 0.417. The molecule has 10 heteroatoms. The Morgan fingerprint density at radius 3 is 2.74 bits per heavy atom. The fourth-order valence-corrected chi connectivity index (χ4v) is 5.04. The molecule has 2 heterocycles. The van der Waals surface area contributed by atoms with Gasteiger partial charge in [-0.2, -0.15) is 4.31 Å². The van der Waals surface area contributed by atoms with Crippen LogP contribution in [0.3, 0.4) is 0 Å². The van der Waals surface area contributed by atoms with E-state index in [2.05, 4.69) is 4.98 Å². The Hall–Kier alpha value is -2.82. The zero-order chi connectivity index (χ0) is 25.0. The molecule has 1 aromatic heterocycles. The van der Waals surface area contributed by atoms with Crippen molar-refractivity contribution in [1.82, 2.24) is 14.2 Å². The summed E-state index contributed by atoms with van der Waals surface area (Å²) in [5.74, 6) is -1.39. The van der Waals surface area contributed by atoms with Crippen LogP contribution in [0, 0.1) is 11.7 Å². The number of ether oxygens (including phenoxy) is 1. The van der Waals surface area contributed by atoms with Gasteiger partial charge in [-0.05, 0) is 37.6 Å². The summed E-state index contributed by atoms with van der Waals surface area (Å²) >= 11 is 0. The molecule has 0 spiro atoms. The molecule has 184 valence electrons. The highest BCUT2D eigenvalue weighted by molar-refractivity contribution is 7.89. The van der Waals surface area contributed by atoms with E-state index in [1.807, 2.05) is 19.9 Å². The third-order valence-electron chi connectivity index (χ3n) is 5.86. The Balaban J connectivity index is 1.99. The van der Waals surface area contributed by atoms with E-state index in [0.29, 0.717) is 5.56 Å². The van der Waals surface area contributed by atoms with Crippen LogP contribution in [0.5, 0.6) is 5.88 Å². The van der Waals surface area contributed by atoms with Gasteiger partial charge >= 0.3 is 0 Å². The standard InChI is InChI=1S/C24H30FN3O5S/c1-5-8-18-11-19-23(26-12-18)33-21(16(2)13-28(24(19)30)17(3)15-29)14-27(4)34(31,32)22-10-7-6-9-20(22)25/h5-12,16-17,21,29H,13-15H2,1-4H3/t16-,17-,21-/m1/s1. The van der Waals surface area contributed by atoms with Crippen LogP contribution in [0.25, 0.3) is 6.08 Å². The minimum Gasteiger partial charge on any atom is -0.472 e. The predicted octanol–water partition coefficient (Wildman–Crippen LogP) is 2.79. The zero-order valence-electron chi connectivity index (χ0n) is 19.7. The average Bonchev–Trinajstić information content (AvgIpc) is 2.81. The molecule has 1 aliphatic rings. The van der Waals surface area contributed by atoms with E-state index < -0.39 is 32.9 Å². The quantitative estimate of drug-likeness (QED) is 0.639. The van der Waals surface area contributed by atoms with Crippen molar-refractivity contribution in [2.75, 3.05) is 26.7 Å². The smallest absolute Gasteiger partial charge is 0.259 e. The number of hydrogen-bond donors (Lipinski definition) is 1. The summed E-state index contributed by atoms with van der Waals surface area (Å²) in [6, 6.07) is 6.39. The molecule has 0 aliphatic carbocycles. The van der Waals surface area contributed by atoms with Crippen molar-refractivity contribution in [3.8, 4) is 5.88 Å². The lowest BCUT2D eigenvalue weighted by atomic mass is 10.00. The van der Waals surface area contributed by atoms with Crippen LogP contribution >= 0.6 is 0 Å². The molecular formula is C24H30FN3O5S. The number of aliphatic hydroxyl groups is 1. The number of aliphatic hydroxyl groups excluding tert-OH is 1. The zero-order valence-corrected chi connectivity index (χ0v) is 20.5. The van der Waals surface area contributed by atoms with E-state index in [4.69, 9.17) is 4.74 Å². The lowest BCUT2D eigenvalue weighted by molar-refractivity contribution is 0.0373. The van der Waals surface area contributed by atoms with Crippen molar-refractivity contribution >= 4 is 22.0 Å². The molecule has 0 bridgehead atoms. The van der Waals surface area contributed by atoms with Gasteiger partial charge in [0.05, 0.1) is 19.2 Å². The number of carbonyl (C=O) groups excluding carboxylic acids is 1. The Morgan fingerprint density at radius 1 is 1.38 bits per heavy atom. The maximum absolute atomic E-state index is 14.2. The number of nitrogens with zero attached hydrogens (tertiary/aromatic N) is 3. The second kappa shape index (κ2) is 10.6. The first-order chi connectivity index (χ1) is 16.1. The van der Waals surface area contributed by atoms with Gasteiger partial charge < -0.3 is 14.7 Å². The number of carbonyl (C=O) groups is 1. The number of halogens is 1. The third-order valence-corrected chi connectivity index (χ3v) is 7.72. The van der Waals surface area contributed by atoms with E-state index >= 15 is 0 Å². The molecular weight excluding hydrogens is 461 g/mol. The van der Waals surface area contributed by atoms with Gasteiger partial charge in [0.25, 0.3) is 5.91 Å². The van der Waals surface area contributed by atoms with Crippen LogP contribution in [0.4, 0.5) is 4.39 Å². The largest absolute Gasteiger partial charge is 0.472 e. The maximum Gasteiger partial charge on any atom is 0.259 e. The highest BCUT2D eigenvalue weighted by Gasteiger charge is 2.36. The molecule has 0 fully saturated rings. The highest BCUT2D eigenvalue weighted by Crippen LogP contribution is 2.28. The molecule has 0 saturated carbocycles. The topological polar surface area (TPSA) is 100 Å². The lowest BCUT2D eigenvalue weighted by Crippen LogP contribution is -2.50. The molecule has 1 aliphatic heterocycles. The second-order valence-corrected chi connectivity index (χ2v) is 10.5. The molecule has 34 heavy (non-hydrogen) atoms. The van der Waals surface area contributed by atoms with Crippen LogP contribution in [0.15, 0.2) is 47.5 Å². The average molecular weight is 492 g/mol. The number of hydrogen-bond acceptors (Lipinski definition) is 6. The first-order valence-corrected chi connectivity index (χ1v) is 12.5. The van der Waals surface area contributed by atoms with Gasteiger partial charge in [-0.15, -0.1) is 0 Å². The van der Waals surface area contributed by atoms with Crippen LogP contribution in [0.1, 0.15) is 36.7 Å². The number of amides is 1. The third kappa shape index (κ3) is 5.29. The molecule has 3 atom stereocenters. The first kappa shape index (κ1) is 25.8. The number of sulfonamides is 1. The van der Waals surface area contributed by atoms with E-state index in [1.54, 1.807) is 30.2 Å². The molecule has 8 nitrogen and oxygen atoms in total. The van der Waals surface area contributed by atoms with Crippen molar-refractivity contribution in [2.45, 2.75) is 37.8 Å². The summed E-state index contributed by atoms with van der Waals surface area (Å²) in [5, 5.41) is 9.74. The van der Waals surface area contributed by atoms with Gasteiger partial charge in [-0.25, -0.2) is 17.8 Å². The predicted molar refractivity (Wildman–Crippen MR) is 126 cm³/mol. The molecule has 0 unspecified atom stereocenters. The van der Waals surface area contributed by atoms with E-state index in [9.17, 15) is 22.7 Å². The number of pyridine rings is 1. The summed E-state index contributed by atoms with van der Waals surface area (Å²) in [5.41, 5.74) is 0.937. The van der Waals surface area contributed by atoms with Crippen molar-refractivity contribution in [3.63, 3.8) is 0 Å². The van der Waals surface area contributed by atoms with Crippen LogP contribution in [-0.2, 0) is 10.0 Å². The normalized spacial score (nSPS) is 20.1. The molecule has 0 radical (unpaired) electrons. The second-order valence-electron chi connectivity index (χ2n) is 8.46. The highest BCUT2D eigenvalue weighted by atomic mass is 32.2. The van der Waals surface area contributed by atoms with Gasteiger partial charge in [-0.1, -0.05) is 31.2 Å². The Labute approximate surface area is 199 Å². The van der Waals surface area contributed by atoms with Crippen molar-refractivity contribution in [3.05, 3.63) is 59.5 Å². The number of aromatic nitrogens is 1. The van der Waals surface area contributed by atoms with Gasteiger partial charge in [0.1, 0.15) is 22.4 Å². The summed E-state index contributed by atoms with van der Waals surface area (Å²) < 4.78 is 47.4. The van der Waals surface area contributed by atoms with Gasteiger partial charge in [0, 0.05) is 25.7 Å². The molecule has 1 aromatic carbocycles. The molecule has 1 N–H and O–H groups in total. The van der Waals surface area contributed by atoms with Crippen LogP contribution in [0.2, 0.25) is 0 Å². The van der Waals surface area contributed by atoms with Gasteiger partial charge in [0.15, 0.2) is 0 Å². The number of benzene rings is 1. The Morgan fingerprint density at radius 2 is 2.09 bits per heavy atom. The molecule has 3 rings (SSSR count). The van der Waals surface area contributed by atoms with E-state index in [0.717, 1.165) is 10.4 Å². The number of rotatable bonds is 7. The van der Waals surface area contributed by atoms with E-state index in [1.165, 1.54) is 25.2 Å². The summed E-state index contributed by atoms with van der Waals surface area (Å²) in [6.45, 7) is 5.32. The van der Waals surface area contributed by atoms with Crippen LogP contribution in [-0.4, -0.2) is 72.5 Å². The number of allylic oxidation sites excluding steroid dienone is 1. The molecule has 2 aromatic rings. The van der Waals surface area contributed by atoms with Crippen molar-refractivity contribution < 1.29 is 27.4 Å². The minimum atomic E-state index is -4.12. The van der Waals surface area contributed by atoms with Gasteiger partial charge in [-0.3, -0.25) is 4.79 Å². The maximum atomic E-state index is 14.2. The van der Waals surface area contributed by atoms with Crippen molar-refractivity contribution in [1.29, 1.82) is 0 Å². The number of likely N-dealkylation sites (N-methyl/N-ethyl adjacent to an activating group) is 1. The molecule has 1 amide bonds. The summed E-state index contributed by atoms with van der Waals surface area (Å²) in [4.78, 5) is 18.8. The number of fused-ring (bicyclic) bond motifs is 1. The SMILES string of the molecule is CC=Cc1cnc2c(c1)C(=O)N([C@H](C)CO)C[C@@H](C)[C@@H](CN(C)S(=O)(=O)c1ccccc1F)O2. The van der Waals surface area contributed by atoms with Crippen LogP contribution < -0.4 is 4.74 Å². The van der Waals surface area contributed by atoms with E-state index in [-0.39, 0.29) is 43.0 Å². The first-order valence-electron chi connectivity index (χ1n) is 11.0. The molecule has 0 saturated heterocycles. The monoisotopic (exact) mass is 491 g/mol. The fourth-order valence-electron chi connectivity index (χ4n) is 3.79. The summed E-state index contributed by atoms with van der Waals surface area (Å²) in [6.07, 6.45) is 4.49.